The van der Waals surface area contributed by atoms with E-state index in [9.17, 15) is 5.11 Å². The molecule has 0 aliphatic heterocycles. The number of aliphatic hydroxyl groups excluding tert-OH is 1. The lowest BCUT2D eigenvalue weighted by Gasteiger charge is -2.38. The quantitative estimate of drug-likeness (QED) is 0.631. The molecule has 72 valence electrons. The van der Waals surface area contributed by atoms with Gasteiger partial charge in [0.05, 0.1) is 6.10 Å². The molecule has 0 spiro atoms. The van der Waals surface area contributed by atoms with Crippen LogP contribution < -0.4 is 0 Å². The van der Waals surface area contributed by atoms with Gasteiger partial charge in [-0.3, -0.25) is 0 Å². The molecule has 0 saturated heterocycles. The van der Waals surface area contributed by atoms with E-state index in [4.69, 9.17) is 11.6 Å². The second-order valence-corrected chi connectivity index (χ2v) is 5.54. The van der Waals surface area contributed by atoms with Crippen LogP contribution in [-0.4, -0.2) is 16.1 Å². The van der Waals surface area contributed by atoms with Crippen LogP contribution in [-0.2, 0) is 0 Å². The van der Waals surface area contributed by atoms with Gasteiger partial charge in [0.15, 0.2) is 0 Å². The Kier molecular flexibility index (Phi) is 3.06. The molecule has 1 aliphatic rings. The van der Waals surface area contributed by atoms with E-state index in [0.717, 1.165) is 19.3 Å². The van der Waals surface area contributed by atoms with Gasteiger partial charge in [0.25, 0.3) is 0 Å². The van der Waals surface area contributed by atoms with Gasteiger partial charge in [-0.2, -0.15) is 0 Å². The van der Waals surface area contributed by atoms with Crippen molar-refractivity contribution in [1.82, 2.24) is 0 Å². The number of halogens is 1. The van der Waals surface area contributed by atoms with Crippen LogP contribution in [0.3, 0.4) is 0 Å². The Bertz CT molecular complexity index is 154. The maximum atomic E-state index is 9.79. The van der Waals surface area contributed by atoms with Crippen LogP contribution in [0.25, 0.3) is 0 Å². The lowest BCUT2D eigenvalue weighted by Crippen LogP contribution is -2.38. The minimum absolute atomic E-state index is 0.162. The first-order valence-corrected chi connectivity index (χ1v) is 5.17. The minimum Gasteiger partial charge on any atom is -0.393 e. The summed E-state index contributed by atoms with van der Waals surface area (Å²) in [7, 11) is 0. The summed E-state index contributed by atoms with van der Waals surface area (Å²) >= 11 is 6.18. The van der Waals surface area contributed by atoms with Gasteiger partial charge in [0.2, 0.25) is 0 Å². The van der Waals surface area contributed by atoms with Gasteiger partial charge in [-0.15, -0.1) is 11.6 Å². The SMILES string of the molecule is CC(C)[C@@H]1CC[C@@](C)(Cl)C[C@H]1O. The van der Waals surface area contributed by atoms with Crippen molar-refractivity contribution in [1.29, 1.82) is 0 Å². The molecule has 0 aromatic carbocycles. The monoisotopic (exact) mass is 190 g/mol. The summed E-state index contributed by atoms with van der Waals surface area (Å²) in [6.07, 6.45) is 2.66. The van der Waals surface area contributed by atoms with Crippen molar-refractivity contribution in [2.75, 3.05) is 0 Å². The van der Waals surface area contributed by atoms with Crippen LogP contribution >= 0.6 is 11.6 Å². The van der Waals surface area contributed by atoms with Gasteiger partial charge in [-0.05, 0) is 38.0 Å². The third-order valence-electron chi connectivity index (χ3n) is 2.98. The minimum atomic E-state index is -0.193. The first kappa shape index (κ1) is 10.3. The van der Waals surface area contributed by atoms with Crippen LogP contribution in [0.1, 0.15) is 40.0 Å². The van der Waals surface area contributed by atoms with Crippen molar-refractivity contribution in [3.8, 4) is 0 Å². The lowest BCUT2D eigenvalue weighted by atomic mass is 9.75. The summed E-state index contributed by atoms with van der Waals surface area (Å²) in [4.78, 5) is -0.162. The first-order valence-electron chi connectivity index (χ1n) is 4.79. The van der Waals surface area contributed by atoms with Crippen LogP contribution in [0.5, 0.6) is 0 Å². The van der Waals surface area contributed by atoms with Crippen LogP contribution in [0.4, 0.5) is 0 Å². The molecule has 1 nitrogen and oxygen atoms in total. The van der Waals surface area contributed by atoms with Gasteiger partial charge in [-0.25, -0.2) is 0 Å². The Labute approximate surface area is 80.1 Å². The van der Waals surface area contributed by atoms with Gasteiger partial charge in [0, 0.05) is 4.87 Å². The molecule has 0 heterocycles. The van der Waals surface area contributed by atoms with Crippen molar-refractivity contribution >= 4 is 11.6 Å². The highest BCUT2D eigenvalue weighted by Crippen LogP contribution is 2.39. The molecule has 0 unspecified atom stereocenters. The van der Waals surface area contributed by atoms with Crippen molar-refractivity contribution in [3.63, 3.8) is 0 Å². The Morgan fingerprint density at radius 2 is 2.08 bits per heavy atom. The Morgan fingerprint density at radius 1 is 1.50 bits per heavy atom. The predicted octanol–water partition coefficient (Wildman–Crippen LogP) is 2.80. The number of rotatable bonds is 1. The van der Waals surface area contributed by atoms with Crippen molar-refractivity contribution in [2.45, 2.75) is 51.0 Å². The molecule has 0 bridgehead atoms. The number of hydrogen-bond donors (Lipinski definition) is 1. The van der Waals surface area contributed by atoms with Crippen LogP contribution in [0, 0.1) is 11.8 Å². The second kappa shape index (κ2) is 3.55. The molecule has 1 fully saturated rings. The standard InChI is InChI=1S/C10H19ClO/c1-7(2)8-4-5-10(3,11)6-9(8)12/h7-9,12H,4-6H2,1-3H3/t8-,9+,10+/m0/s1. The van der Waals surface area contributed by atoms with Crippen molar-refractivity contribution in [3.05, 3.63) is 0 Å². The molecule has 1 aliphatic carbocycles. The Balaban J connectivity index is 2.54. The van der Waals surface area contributed by atoms with E-state index in [1.165, 1.54) is 0 Å². The molecule has 0 radical (unpaired) electrons. The summed E-state index contributed by atoms with van der Waals surface area (Å²) in [6.45, 7) is 6.36. The third kappa shape index (κ3) is 2.37. The molecular formula is C10H19ClO. The zero-order chi connectivity index (χ0) is 9.35. The molecule has 1 N–H and O–H groups in total. The maximum absolute atomic E-state index is 9.79. The Hall–Kier alpha value is 0.250. The number of aliphatic hydroxyl groups is 1. The summed E-state index contributed by atoms with van der Waals surface area (Å²) in [5, 5.41) is 9.79. The smallest absolute Gasteiger partial charge is 0.0587 e. The zero-order valence-electron chi connectivity index (χ0n) is 8.18. The summed E-state index contributed by atoms with van der Waals surface area (Å²) < 4.78 is 0. The summed E-state index contributed by atoms with van der Waals surface area (Å²) in [5.74, 6) is 1.03. The van der Waals surface area contributed by atoms with Crippen LogP contribution in [0.15, 0.2) is 0 Å². The molecular weight excluding hydrogens is 172 g/mol. The van der Waals surface area contributed by atoms with Gasteiger partial charge in [-0.1, -0.05) is 13.8 Å². The van der Waals surface area contributed by atoms with Crippen LogP contribution in [0.2, 0.25) is 0 Å². The molecule has 1 saturated carbocycles. The Morgan fingerprint density at radius 3 is 2.50 bits per heavy atom. The predicted molar refractivity (Wildman–Crippen MR) is 52.4 cm³/mol. The highest BCUT2D eigenvalue weighted by Gasteiger charge is 2.36. The summed E-state index contributed by atoms with van der Waals surface area (Å²) in [5.41, 5.74) is 0. The first-order chi connectivity index (χ1) is 5.42. The molecule has 1 rings (SSSR count). The lowest BCUT2D eigenvalue weighted by molar-refractivity contribution is 0.0329. The maximum Gasteiger partial charge on any atom is 0.0587 e. The van der Waals surface area contributed by atoms with E-state index in [2.05, 4.69) is 13.8 Å². The van der Waals surface area contributed by atoms with Gasteiger partial charge in [0.1, 0.15) is 0 Å². The van der Waals surface area contributed by atoms with E-state index >= 15 is 0 Å². The van der Waals surface area contributed by atoms with Crippen molar-refractivity contribution < 1.29 is 5.11 Å². The van der Waals surface area contributed by atoms with Gasteiger partial charge < -0.3 is 5.11 Å². The van der Waals surface area contributed by atoms with E-state index in [0.29, 0.717) is 11.8 Å². The number of hydrogen-bond acceptors (Lipinski definition) is 1. The average Bonchev–Trinajstić information content (AvgIpc) is 1.83. The molecule has 0 aromatic rings. The van der Waals surface area contributed by atoms with E-state index < -0.39 is 0 Å². The zero-order valence-corrected chi connectivity index (χ0v) is 8.93. The highest BCUT2D eigenvalue weighted by molar-refractivity contribution is 6.23. The molecule has 2 heteroatoms. The van der Waals surface area contributed by atoms with E-state index in [-0.39, 0.29) is 11.0 Å². The highest BCUT2D eigenvalue weighted by atomic mass is 35.5. The molecule has 12 heavy (non-hydrogen) atoms. The average molecular weight is 191 g/mol. The number of alkyl halides is 1. The van der Waals surface area contributed by atoms with E-state index in [1.807, 2.05) is 6.92 Å². The fraction of sp³-hybridized carbons (Fsp3) is 1.00. The van der Waals surface area contributed by atoms with Gasteiger partial charge >= 0.3 is 0 Å². The van der Waals surface area contributed by atoms with Crippen molar-refractivity contribution in [2.24, 2.45) is 11.8 Å². The fourth-order valence-corrected chi connectivity index (χ4v) is 2.39. The molecule has 0 amide bonds. The second-order valence-electron chi connectivity index (χ2n) is 4.63. The molecule has 0 aromatic heterocycles. The van der Waals surface area contributed by atoms with E-state index in [1.54, 1.807) is 0 Å². The molecule has 3 atom stereocenters. The normalized spacial score (nSPS) is 43.5. The topological polar surface area (TPSA) is 20.2 Å². The third-order valence-corrected chi connectivity index (χ3v) is 3.33. The summed E-state index contributed by atoms with van der Waals surface area (Å²) in [6, 6.07) is 0. The fourth-order valence-electron chi connectivity index (χ4n) is 2.13. The largest absolute Gasteiger partial charge is 0.393 e.